The highest BCUT2D eigenvalue weighted by Crippen LogP contribution is 2.04. The zero-order valence-corrected chi connectivity index (χ0v) is 9.10. The quantitative estimate of drug-likeness (QED) is 0.646. The van der Waals surface area contributed by atoms with Gasteiger partial charge in [-0.05, 0) is 5.92 Å². The summed E-state index contributed by atoms with van der Waals surface area (Å²) in [5, 5.41) is 1.17. The lowest BCUT2D eigenvalue weighted by molar-refractivity contribution is 0.282. The van der Waals surface area contributed by atoms with Gasteiger partial charge in [0.2, 0.25) is 0 Å². The van der Waals surface area contributed by atoms with E-state index in [2.05, 4.69) is 34.8 Å². The highest BCUT2D eigenvalue weighted by Gasteiger charge is 2.12. The lowest BCUT2D eigenvalue weighted by Crippen LogP contribution is -2.12. The van der Waals surface area contributed by atoms with Crippen LogP contribution in [0.5, 0.6) is 0 Å². The van der Waals surface area contributed by atoms with Crippen LogP contribution >= 0.6 is 14.1 Å². The van der Waals surface area contributed by atoms with E-state index in [0.29, 0.717) is 5.92 Å². The van der Waals surface area contributed by atoms with Crippen LogP contribution in [-0.2, 0) is 3.79 Å². The molecule has 54 valence electrons. The lowest BCUT2D eigenvalue weighted by Gasteiger charge is -2.07. The van der Waals surface area contributed by atoms with E-state index in [0.717, 1.165) is 6.61 Å². The van der Waals surface area contributed by atoms with E-state index in [1.54, 1.807) is 0 Å². The smallest absolute Gasteiger partial charge is 0.492 e. The van der Waals surface area contributed by atoms with E-state index in [4.69, 9.17) is 3.79 Å². The summed E-state index contributed by atoms with van der Waals surface area (Å²) in [5.74, 6) is 0.670. The average Bonchev–Trinajstić information content (AvgIpc) is 1.83. The number of hydrogen-bond acceptors (Lipinski definition) is 1. The molecular weight excluding hydrogens is 195 g/mol. The summed E-state index contributed by atoms with van der Waals surface area (Å²) in [5.41, 5.74) is 0. The standard InChI is InChI=1S/C4H9O.C2H5.Al.BrH/c1-4(2)3-5;1-2;;/h4H,3H2,1-2H3;1H2,2H3;;1H/q-1;;+2;/p-1. The minimum Gasteiger partial charge on any atom is -0.492 e. The molecule has 0 rings (SSSR count). The minimum atomic E-state index is -0.925. The number of rotatable bonds is 4. The second-order valence-electron chi connectivity index (χ2n) is 2.55. The van der Waals surface area contributed by atoms with Crippen LogP contribution in [0, 0.1) is 5.92 Å². The molecule has 0 saturated heterocycles. The van der Waals surface area contributed by atoms with Crippen LogP contribution in [0.2, 0.25) is 5.28 Å². The fraction of sp³-hybridized carbons (Fsp3) is 1.00. The van der Waals surface area contributed by atoms with Gasteiger partial charge in [-0.15, -0.1) is 0 Å². The Labute approximate surface area is 69.2 Å². The van der Waals surface area contributed by atoms with Gasteiger partial charge < -0.3 is 3.79 Å². The van der Waals surface area contributed by atoms with Crippen LogP contribution in [0.15, 0.2) is 0 Å². The van der Waals surface area contributed by atoms with Crippen molar-refractivity contribution in [2.24, 2.45) is 5.92 Å². The van der Waals surface area contributed by atoms with Gasteiger partial charge in [0.05, 0.1) is 0 Å². The van der Waals surface area contributed by atoms with E-state index >= 15 is 0 Å². The van der Waals surface area contributed by atoms with E-state index in [-0.39, 0.29) is 0 Å². The molecule has 3 heteroatoms. The summed E-state index contributed by atoms with van der Waals surface area (Å²) < 4.78 is 5.51. The van der Waals surface area contributed by atoms with Gasteiger partial charge in [-0.2, -0.15) is 14.1 Å². The monoisotopic (exact) mass is 208 g/mol. The Morgan fingerprint density at radius 2 is 2.11 bits per heavy atom. The maximum absolute atomic E-state index is 5.51. The van der Waals surface area contributed by atoms with E-state index in [1.165, 1.54) is 5.28 Å². The maximum Gasteiger partial charge on any atom is 0.556 e. The molecule has 9 heavy (non-hydrogen) atoms. The van der Waals surface area contributed by atoms with Crippen molar-refractivity contribution in [1.29, 1.82) is 0 Å². The SMILES string of the molecule is C[CH2][Al]([Br])[O]CC(C)C. The molecule has 0 amide bonds. The van der Waals surface area contributed by atoms with Crippen LogP contribution < -0.4 is 0 Å². The molecular formula is C6H14AlBrO. The Bertz CT molecular complexity index is 68.1. The average molecular weight is 209 g/mol. The first-order valence-electron chi connectivity index (χ1n) is 3.42. The van der Waals surface area contributed by atoms with Crippen molar-refractivity contribution in [1.82, 2.24) is 0 Å². The third kappa shape index (κ3) is 6.86. The van der Waals surface area contributed by atoms with E-state index < -0.39 is 12.7 Å². The fourth-order valence-electron chi connectivity index (χ4n) is 0.415. The highest BCUT2D eigenvalue weighted by atomic mass is 79.9. The summed E-state index contributed by atoms with van der Waals surface area (Å²) in [7, 11) is 0. The van der Waals surface area contributed by atoms with Crippen LogP contribution in [-0.4, -0.2) is 19.3 Å². The van der Waals surface area contributed by atoms with Crippen molar-refractivity contribution in [3.05, 3.63) is 0 Å². The molecule has 0 N–H and O–H groups in total. The molecule has 0 saturated carbocycles. The zero-order valence-electron chi connectivity index (χ0n) is 6.36. The molecule has 0 aliphatic rings. The molecule has 0 aromatic heterocycles. The first-order valence-corrected chi connectivity index (χ1v) is 7.89. The van der Waals surface area contributed by atoms with Crippen LogP contribution in [0.4, 0.5) is 0 Å². The van der Waals surface area contributed by atoms with Crippen LogP contribution in [0.1, 0.15) is 20.8 Å². The molecule has 0 aliphatic carbocycles. The molecule has 0 aliphatic heterocycles. The van der Waals surface area contributed by atoms with Crippen molar-refractivity contribution in [3.63, 3.8) is 0 Å². The summed E-state index contributed by atoms with van der Waals surface area (Å²) in [4.78, 5) is 0. The van der Waals surface area contributed by atoms with Crippen molar-refractivity contribution in [2.75, 3.05) is 6.61 Å². The van der Waals surface area contributed by atoms with Gasteiger partial charge in [-0.25, -0.2) is 0 Å². The first-order chi connectivity index (χ1) is 4.16. The van der Waals surface area contributed by atoms with Gasteiger partial charge in [0.15, 0.2) is 0 Å². The topological polar surface area (TPSA) is 9.23 Å². The third-order valence-electron chi connectivity index (χ3n) is 0.931. The van der Waals surface area contributed by atoms with Gasteiger partial charge >= 0.3 is 12.7 Å². The Morgan fingerprint density at radius 3 is 2.44 bits per heavy atom. The predicted molar refractivity (Wildman–Crippen MR) is 46.0 cm³/mol. The zero-order chi connectivity index (χ0) is 7.28. The summed E-state index contributed by atoms with van der Waals surface area (Å²) in [6, 6.07) is 0. The van der Waals surface area contributed by atoms with Crippen molar-refractivity contribution >= 4 is 26.7 Å². The third-order valence-corrected chi connectivity index (χ3v) is 4.86. The number of halogens is 1. The first kappa shape index (κ1) is 9.97. The molecule has 0 heterocycles. The van der Waals surface area contributed by atoms with Crippen LogP contribution in [0.25, 0.3) is 0 Å². The fourth-order valence-corrected chi connectivity index (χ4v) is 1.70. The molecule has 0 fully saturated rings. The van der Waals surface area contributed by atoms with E-state index in [9.17, 15) is 0 Å². The van der Waals surface area contributed by atoms with Crippen molar-refractivity contribution < 1.29 is 3.79 Å². The summed E-state index contributed by atoms with van der Waals surface area (Å²) in [6.07, 6.45) is 0. The predicted octanol–water partition coefficient (Wildman–Crippen LogP) is 2.56. The highest BCUT2D eigenvalue weighted by molar-refractivity contribution is 9.24. The molecule has 1 nitrogen and oxygen atoms in total. The Morgan fingerprint density at radius 1 is 1.56 bits per heavy atom. The molecule has 0 radical (unpaired) electrons. The Balaban J connectivity index is 3.06. The van der Waals surface area contributed by atoms with Crippen molar-refractivity contribution in [2.45, 2.75) is 26.1 Å². The lowest BCUT2D eigenvalue weighted by atomic mass is 10.2. The molecule has 0 bridgehead atoms. The normalized spacial score (nSPS) is 10.3. The molecule has 0 aromatic rings. The van der Waals surface area contributed by atoms with Gasteiger partial charge in [0.1, 0.15) is 0 Å². The van der Waals surface area contributed by atoms with Gasteiger partial charge in [-0.3, -0.25) is 0 Å². The number of hydrogen-bond donors (Lipinski definition) is 0. The molecule has 0 aromatic carbocycles. The molecule has 0 atom stereocenters. The second kappa shape index (κ2) is 5.73. The van der Waals surface area contributed by atoms with Crippen molar-refractivity contribution in [3.8, 4) is 0 Å². The summed E-state index contributed by atoms with van der Waals surface area (Å²) >= 11 is 2.60. The Kier molecular flexibility index (Phi) is 6.35. The van der Waals surface area contributed by atoms with Gasteiger partial charge in [0.25, 0.3) is 0 Å². The molecule has 0 unspecified atom stereocenters. The largest absolute Gasteiger partial charge is 0.556 e. The summed E-state index contributed by atoms with van der Waals surface area (Å²) in [6.45, 7) is 7.41. The second-order valence-corrected chi connectivity index (χ2v) is 7.58. The van der Waals surface area contributed by atoms with Gasteiger partial charge in [-0.1, -0.05) is 26.1 Å². The van der Waals surface area contributed by atoms with Crippen LogP contribution in [0.3, 0.4) is 0 Å². The van der Waals surface area contributed by atoms with Gasteiger partial charge in [0, 0.05) is 6.61 Å². The minimum absolute atomic E-state index is 0.670. The maximum atomic E-state index is 5.51. The molecule has 0 spiro atoms. The Hall–Kier alpha value is 0.972. The van der Waals surface area contributed by atoms with E-state index in [1.807, 2.05) is 0 Å².